The van der Waals surface area contributed by atoms with E-state index in [4.69, 9.17) is 4.74 Å². The highest BCUT2D eigenvalue weighted by molar-refractivity contribution is 6.07. The van der Waals surface area contributed by atoms with Crippen LogP contribution in [0.3, 0.4) is 0 Å². The molecule has 222 valence electrons. The Labute approximate surface area is 234 Å². The maximum atomic E-state index is 16.4. The van der Waals surface area contributed by atoms with Gasteiger partial charge >= 0.3 is 6.09 Å². The number of piperazine rings is 1. The van der Waals surface area contributed by atoms with E-state index in [0.717, 1.165) is 12.3 Å². The van der Waals surface area contributed by atoms with Crippen LogP contribution in [0.4, 0.5) is 33.7 Å². The Morgan fingerprint density at radius 2 is 1.88 bits per heavy atom. The van der Waals surface area contributed by atoms with Gasteiger partial charge in [-0.1, -0.05) is 0 Å². The van der Waals surface area contributed by atoms with Gasteiger partial charge < -0.3 is 24.8 Å². The van der Waals surface area contributed by atoms with Crippen LogP contribution in [-0.4, -0.2) is 72.2 Å². The summed E-state index contributed by atoms with van der Waals surface area (Å²) in [5, 5.41) is 2.38. The number of nitrogens with zero attached hydrogens (tertiary/aromatic N) is 3. The number of amides is 2. The first kappa shape index (κ1) is 30.1. The zero-order valence-corrected chi connectivity index (χ0v) is 23.3. The van der Waals surface area contributed by atoms with Crippen LogP contribution in [0.25, 0.3) is 5.57 Å². The van der Waals surface area contributed by atoms with Crippen molar-refractivity contribution in [1.82, 2.24) is 14.8 Å². The smallest absolute Gasteiger partial charge is 0.414 e. The molecule has 2 amide bonds. The van der Waals surface area contributed by atoms with Gasteiger partial charge in [0.2, 0.25) is 5.56 Å². The van der Waals surface area contributed by atoms with Crippen LogP contribution in [0, 0.1) is 11.6 Å². The summed E-state index contributed by atoms with van der Waals surface area (Å²) in [5.74, 6) is -3.10. The zero-order valence-electron chi connectivity index (χ0n) is 23.3. The number of H-pyrrole nitrogens is 1. The Hall–Kier alpha value is -3.87. The van der Waals surface area contributed by atoms with E-state index in [0.29, 0.717) is 38.7 Å². The molecule has 0 unspecified atom stereocenters. The molecule has 4 rings (SSSR count). The number of rotatable bonds is 6. The first-order chi connectivity index (χ1) is 19.4. The van der Waals surface area contributed by atoms with Crippen LogP contribution in [-0.2, 0) is 4.74 Å². The van der Waals surface area contributed by atoms with E-state index in [1.54, 1.807) is 18.7 Å². The van der Waals surface area contributed by atoms with Gasteiger partial charge in [-0.2, -0.15) is 0 Å². The van der Waals surface area contributed by atoms with E-state index in [9.17, 15) is 23.2 Å². The van der Waals surface area contributed by atoms with Gasteiger partial charge in [-0.25, -0.2) is 22.4 Å². The second kappa shape index (κ2) is 12.3. The predicted octanol–water partition coefficient (Wildman–Crippen LogP) is 4.97. The number of allylic oxidation sites excluding steroid dienone is 1. The van der Waals surface area contributed by atoms with Gasteiger partial charge in [0.05, 0.1) is 22.9 Å². The number of halogens is 4. The molecule has 41 heavy (non-hydrogen) atoms. The largest absolute Gasteiger partial charge is 0.446 e. The van der Waals surface area contributed by atoms with Crippen molar-refractivity contribution in [3.8, 4) is 0 Å². The van der Waals surface area contributed by atoms with Crippen LogP contribution in [0.15, 0.2) is 29.3 Å². The third-order valence-corrected chi connectivity index (χ3v) is 7.22. The van der Waals surface area contributed by atoms with Crippen molar-refractivity contribution in [3.63, 3.8) is 0 Å². The number of hydrogen-bond acceptors (Lipinski definition) is 6. The van der Waals surface area contributed by atoms with Crippen LogP contribution in [0.2, 0.25) is 0 Å². The lowest BCUT2D eigenvalue weighted by atomic mass is 9.96. The predicted molar refractivity (Wildman–Crippen MR) is 146 cm³/mol. The summed E-state index contributed by atoms with van der Waals surface area (Å²) < 4.78 is 64.6. The highest BCUT2D eigenvalue weighted by Crippen LogP contribution is 2.39. The number of ether oxygens (including phenoxy) is 1. The Bertz CT molecular complexity index is 1410. The molecule has 0 radical (unpaired) electrons. The minimum Gasteiger partial charge on any atom is -0.446 e. The summed E-state index contributed by atoms with van der Waals surface area (Å²) in [6.45, 7) is 6.95. The number of carbonyl (C=O) groups is 2. The molecule has 13 heteroatoms. The van der Waals surface area contributed by atoms with Crippen molar-refractivity contribution >= 4 is 28.9 Å². The Morgan fingerprint density at radius 3 is 2.54 bits per heavy atom. The average molecular weight is 580 g/mol. The second-order valence-electron chi connectivity index (χ2n) is 10.5. The van der Waals surface area contributed by atoms with E-state index in [1.807, 2.05) is 14.0 Å². The molecule has 3 heterocycles. The number of hydrogen-bond donors (Lipinski definition) is 2. The molecule has 0 bridgehead atoms. The minimum atomic E-state index is -3.14. The van der Waals surface area contributed by atoms with Gasteiger partial charge in [0.25, 0.3) is 12.3 Å². The number of benzene rings is 1. The molecule has 1 fully saturated rings. The summed E-state index contributed by atoms with van der Waals surface area (Å²) >= 11 is 0. The third kappa shape index (κ3) is 6.55. The van der Waals surface area contributed by atoms with Gasteiger partial charge in [-0.3, -0.25) is 14.5 Å². The summed E-state index contributed by atoms with van der Waals surface area (Å²) in [4.78, 5) is 44.5. The van der Waals surface area contributed by atoms with Crippen LogP contribution < -0.4 is 15.8 Å². The van der Waals surface area contributed by atoms with Crippen LogP contribution in [0.1, 0.15) is 61.5 Å². The number of anilines is 2. The quantitative estimate of drug-likeness (QED) is 0.470. The molecular weight excluding hydrogens is 546 g/mol. The monoisotopic (exact) mass is 579 g/mol. The molecule has 0 saturated carbocycles. The lowest BCUT2D eigenvalue weighted by Gasteiger charge is -2.40. The fourth-order valence-electron chi connectivity index (χ4n) is 4.94. The van der Waals surface area contributed by atoms with E-state index >= 15 is 8.78 Å². The van der Waals surface area contributed by atoms with Crippen molar-refractivity contribution in [2.75, 3.05) is 43.4 Å². The molecule has 2 N–H and O–H groups in total. The Kier molecular flexibility index (Phi) is 9.05. The maximum absolute atomic E-state index is 16.4. The molecule has 1 aromatic heterocycles. The first-order valence-electron chi connectivity index (χ1n) is 13.3. The number of alkyl halides is 2. The molecule has 1 aromatic carbocycles. The molecule has 1 atom stereocenters. The average Bonchev–Trinajstić information content (AvgIpc) is 2.91. The zero-order chi connectivity index (χ0) is 30.0. The molecule has 9 nitrogen and oxygen atoms in total. The highest BCUT2D eigenvalue weighted by Gasteiger charge is 2.31. The van der Waals surface area contributed by atoms with Crippen LogP contribution in [0.5, 0.6) is 0 Å². The molecular formula is C28H33F4N5O4. The van der Waals surface area contributed by atoms with Crippen LogP contribution >= 0.6 is 0 Å². The summed E-state index contributed by atoms with van der Waals surface area (Å²) in [7, 11) is 1.92. The van der Waals surface area contributed by atoms with Crippen molar-refractivity contribution in [1.29, 1.82) is 0 Å². The third-order valence-electron chi connectivity index (χ3n) is 7.22. The topological polar surface area (TPSA) is 98.0 Å². The van der Waals surface area contributed by atoms with E-state index in [2.05, 4.69) is 15.2 Å². The van der Waals surface area contributed by atoms with Gasteiger partial charge in [-0.05, 0) is 46.2 Å². The van der Waals surface area contributed by atoms with Crippen molar-refractivity contribution < 1.29 is 31.9 Å². The van der Waals surface area contributed by atoms with Gasteiger partial charge in [0.1, 0.15) is 11.5 Å². The summed E-state index contributed by atoms with van der Waals surface area (Å²) in [6.07, 6.45) is -1.38. The van der Waals surface area contributed by atoms with Crippen molar-refractivity contribution in [2.24, 2.45) is 0 Å². The number of likely N-dealkylation sites (N-methyl/N-ethyl adjacent to an activating group) is 1. The molecule has 2 aliphatic rings. The second-order valence-corrected chi connectivity index (χ2v) is 10.5. The summed E-state index contributed by atoms with van der Waals surface area (Å²) in [5.41, 5.74) is -2.81. The van der Waals surface area contributed by atoms with E-state index < -0.39 is 64.1 Å². The number of aromatic amines is 1. The number of nitrogens with one attached hydrogen (secondary N) is 2. The molecule has 0 spiro atoms. The fourth-order valence-corrected chi connectivity index (χ4v) is 4.94. The maximum Gasteiger partial charge on any atom is 0.414 e. The van der Waals surface area contributed by atoms with Crippen molar-refractivity contribution in [3.05, 3.63) is 63.2 Å². The van der Waals surface area contributed by atoms with Crippen molar-refractivity contribution in [2.45, 2.75) is 52.2 Å². The number of pyridine rings is 1. The standard InChI is InChI=1S/C28H33F4N5O4/c1-15(2)41-28(40)37-7-5-6-17(14-37)23-20(29)11-21(36-9-8-35(4)16(3)13-36)25(24(23)30)34-27(39)19-12-33-22(38)10-18(19)26(31)32/h10-12,14-16,26H,5-9,13H2,1-4H3,(H,33,38)(H,34,39)/t16-/m0/s1. The Balaban J connectivity index is 1.81. The normalized spacial score (nSPS) is 18.1. The van der Waals surface area contributed by atoms with E-state index in [1.165, 1.54) is 11.1 Å². The fraction of sp³-hybridized carbons (Fsp3) is 0.464. The lowest BCUT2D eigenvalue weighted by molar-refractivity contribution is 0.0882. The van der Waals surface area contributed by atoms with Gasteiger partial charge in [0.15, 0.2) is 5.82 Å². The Morgan fingerprint density at radius 1 is 1.15 bits per heavy atom. The molecule has 2 aliphatic heterocycles. The minimum absolute atomic E-state index is 0.0179. The van der Waals surface area contributed by atoms with E-state index in [-0.39, 0.29) is 23.7 Å². The number of carbonyl (C=O) groups excluding carboxylic acids is 2. The molecule has 0 aliphatic carbocycles. The lowest BCUT2D eigenvalue weighted by Crippen LogP contribution is -2.50. The molecule has 1 saturated heterocycles. The summed E-state index contributed by atoms with van der Waals surface area (Å²) in [6, 6.07) is 1.73. The number of aromatic nitrogens is 1. The molecule has 2 aromatic rings. The first-order valence-corrected chi connectivity index (χ1v) is 13.3. The highest BCUT2D eigenvalue weighted by atomic mass is 19.3. The SMILES string of the molecule is CC(C)OC(=O)N1C=C(c2c(F)cc(N3CCN(C)[C@@H](C)C3)c(NC(=O)c3c[nH]c(=O)cc3C(F)F)c2F)CCC1. The van der Waals surface area contributed by atoms with Gasteiger partial charge in [-0.15, -0.1) is 0 Å². The van der Waals surface area contributed by atoms with Gasteiger partial charge in [0, 0.05) is 62.3 Å².